The van der Waals surface area contributed by atoms with Crippen molar-refractivity contribution in [1.82, 2.24) is 0 Å². The minimum absolute atomic E-state index is 0.552. The third kappa shape index (κ3) is 1.50. The molecule has 2 atom stereocenters. The first-order valence-corrected chi connectivity index (χ1v) is 6.67. The SMILES string of the molecule is CC1(C)CCCC2c3c[c]ccc3CCC21. The molecule has 1 saturated carbocycles. The smallest absolute Gasteiger partial charge is 0.0125 e. The van der Waals surface area contributed by atoms with Crippen LogP contribution in [0.25, 0.3) is 0 Å². The maximum Gasteiger partial charge on any atom is -0.0125 e. The molecule has 0 bridgehead atoms. The second-order valence-electron chi connectivity index (χ2n) is 6.26. The summed E-state index contributed by atoms with van der Waals surface area (Å²) in [5, 5.41) is 0. The zero-order chi connectivity index (χ0) is 11.2. The quantitative estimate of drug-likeness (QED) is 0.601. The van der Waals surface area contributed by atoms with E-state index in [0.29, 0.717) is 5.41 Å². The van der Waals surface area contributed by atoms with Gasteiger partial charge in [0.1, 0.15) is 0 Å². The molecule has 2 aliphatic carbocycles. The standard InChI is InChI=1S/C16H21/c1-16(2)11-5-8-14-13-7-4-3-6-12(13)9-10-15(14)16/h3,6-7,14-15H,5,8-11H2,1-2H3. The summed E-state index contributed by atoms with van der Waals surface area (Å²) >= 11 is 0. The minimum Gasteiger partial charge on any atom is -0.0596 e. The molecule has 0 saturated heterocycles. The first-order chi connectivity index (χ1) is 7.68. The molecule has 2 aliphatic rings. The van der Waals surface area contributed by atoms with Crippen LogP contribution in [-0.4, -0.2) is 0 Å². The maximum absolute atomic E-state index is 3.28. The van der Waals surface area contributed by atoms with Crippen molar-refractivity contribution in [1.29, 1.82) is 0 Å². The Labute approximate surface area is 99.1 Å². The summed E-state index contributed by atoms with van der Waals surface area (Å²) in [7, 11) is 0. The largest absolute Gasteiger partial charge is 0.0596 e. The first-order valence-electron chi connectivity index (χ1n) is 6.67. The molecule has 16 heavy (non-hydrogen) atoms. The zero-order valence-corrected chi connectivity index (χ0v) is 10.4. The fraction of sp³-hybridized carbons (Fsp3) is 0.625. The molecule has 85 valence electrons. The van der Waals surface area contributed by atoms with Crippen molar-refractivity contribution >= 4 is 0 Å². The molecule has 0 amide bonds. The van der Waals surface area contributed by atoms with Gasteiger partial charge in [-0.25, -0.2) is 0 Å². The Morgan fingerprint density at radius 3 is 3.06 bits per heavy atom. The molecule has 2 unspecified atom stereocenters. The van der Waals surface area contributed by atoms with Crippen LogP contribution in [0.3, 0.4) is 0 Å². The van der Waals surface area contributed by atoms with E-state index in [-0.39, 0.29) is 0 Å². The average molecular weight is 213 g/mol. The Morgan fingerprint density at radius 1 is 1.31 bits per heavy atom. The number of rotatable bonds is 0. The van der Waals surface area contributed by atoms with Crippen molar-refractivity contribution in [2.75, 3.05) is 0 Å². The van der Waals surface area contributed by atoms with Gasteiger partial charge in [0.05, 0.1) is 0 Å². The Kier molecular flexibility index (Phi) is 2.34. The molecular weight excluding hydrogens is 192 g/mol. The van der Waals surface area contributed by atoms with E-state index >= 15 is 0 Å². The van der Waals surface area contributed by atoms with Gasteiger partial charge in [0.15, 0.2) is 0 Å². The van der Waals surface area contributed by atoms with Crippen LogP contribution in [0.1, 0.15) is 56.6 Å². The minimum atomic E-state index is 0.552. The van der Waals surface area contributed by atoms with E-state index in [1.54, 1.807) is 11.1 Å². The molecule has 0 spiro atoms. The number of hydrogen-bond acceptors (Lipinski definition) is 0. The van der Waals surface area contributed by atoms with E-state index in [1.807, 2.05) is 0 Å². The normalized spacial score (nSPS) is 31.6. The molecule has 1 radical (unpaired) electrons. The maximum atomic E-state index is 3.28. The van der Waals surface area contributed by atoms with Crippen LogP contribution in [0.5, 0.6) is 0 Å². The number of aryl methyl sites for hydroxylation is 1. The highest BCUT2D eigenvalue weighted by atomic mass is 14.5. The van der Waals surface area contributed by atoms with E-state index in [1.165, 1.54) is 32.1 Å². The van der Waals surface area contributed by atoms with Gasteiger partial charge in [-0.3, -0.25) is 0 Å². The summed E-state index contributed by atoms with van der Waals surface area (Å²) < 4.78 is 0. The summed E-state index contributed by atoms with van der Waals surface area (Å²) in [6.07, 6.45) is 6.91. The van der Waals surface area contributed by atoms with Crippen molar-refractivity contribution in [2.24, 2.45) is 11.3 Å². The zero-order valence-electron chi connectivity index (χ0n) is 10.4. The molecule has 1 fully saturated rings. The topological polar surface area (TPSA) is 0 Å². The van der Waals surface area contributed by atoms with Gasteiger partial charge in [0.25, 0.3) is 0 Å². The predicted molar refractivity (Wildman–Crippen MR) is 67.5 cm³/mol. The van der Waals surface area contributed by atoms with Crippen LogP contribution in [0.15, 0.2) is 18.2 Å². The molecule has 1 aromatic rings. The van der Waals surface area contributed by atoms with E-state index in [4.69, 9.17) is 0 Å². The van der Waals surface area contributed by atoms with Crippen LogP contribution in [0.2, 0.25) is 0 Å². The van der Waals surface area contributed by atoms with E-state index in [9.17, 15) is 0 Å². The molecule has 0 aliphatic heterocycles. The van der Waals surface area contributed by atoms with Crippen LogP contribution in [0, 0.1) is 17.4 Å². The molecule has 3 rings (SSSR count). The molecule has 0 nitrogen and oxygen atoms in total. The predicted octanol–water partition coefficient (Wildman–Crippen LogP) is 4.34. The van der Waals surface area contributed by atoms with E-state index < -0.39 is 0 Å². The van der Waals surface area contributed by atoms with Gasteiger partial charge < -0.3 is 0 Å². The summed E-state index contributed by atoms with van der Waals surface area (Å²) in [6.45, 7) is 4.95. The number of benzene rings is 1. The monoisotopic (exact) mass is 213 g/mol. The van der Waals surface area contributed by atoms with Gasteiger partial charge in [0, 0.05) is 0 Å². The lowest BCUT2D eigenvalue weighted by atomic mass is 9.57. The van der Waals surface area contributed by atoms with Crippen molar-refractivity contribution in [3.05, 3.63) is 35.4 Å². The first kappa shape index (κ1) is 10.4. The third-order valence-electron chi connectivity index (χ3n) is 4.94. The van der Waals surface area contributed by atoms with Gasteiger partial charge in [-0.2, -0.15) is 0 Å². The van der Waals surface area contributed by atoms with Crippen molar-refractivity contribution < 1.29 is 0 Å². The molecule has 0 heterocycles. The fourth-order valence-electron chi connectivity index (χ4n) is 4.03. The lowest BCUT2D eigenvalue weighted by Crippen LogP contribution is -2.36. The number of fused-ring (bicyclic) bond motifs is 3. The second kappa shape index (κ2) is 3.61. The third-order valence-corrected chi connectivity index (χ3v) is 4.94. The van der Waals surface area contributed by atoms with Gasteiger partial charge in [-0.05, 0) is 60.1 Å². The van der Waals surface area contributed by atoms with E-state index in [0.717, 1.165) is 11.8 Å². The molecule has 0 aromatic heterocycles. The summed E-state index contributed by atoms with van der Waals surface area (Å²) in [4.78, 5) is 0. The van der Waals surface area contributed by atoms with E-state index in [2.05, 4.69) is 38.1 Å². The van der Waals surface area contributed by atoms with Gasteiger partial charge in [-0.15, -0.1) is 0 Å². The lowest BCUT2D eigenvalue weighted by molar-refractivity contribution is 0.0972. The van der Waals surface area contributed by atoms with Crippen LogP contribution in [-0.2, 0) is 6.42 Å². The highest BCUT2D eigenvalue weighted by molar-refractivity contribution is 5.34. The Hall–Kier alpha value is -0.780. The number of hydrogen-bond donors (Lipinski definition) is 0. The van der Waals surface area contributed by atoms with Gasteiger partial charge in [0.2, 0.25) is 0 Å². The van der Waals surface area contributed by atoms with Crippen molar-refractivity contribution in [2.45, 2.75) is 51.9 Å². The Morgan fingerprint density at radius 2 is 2.19 bits per heavy atom. The van der Waals surface area contributed by atoms with Crippen molar-refractivity contribution in [3.8, 4) is 0 Å². The Bertz CT molecular complexity index is 389. The highest BCUT2D eigenvalue weighted by Gasteiger charge is 2.41. The summed E-state index contributed by atoms with van der Waals surface area (Å²) in [5.74, 6) is 1.73. The van der Waals surface area contributed by atoms with Crippen LogP contribution >= 0.6 is 0 Å². The van der Waals surface area contributed by atoms with Crippen LogP contribution in [0.4, 0.5) is 0 Å². The summed E-state index contributed by atoms with van der Waals surface area (Å²) in [5.41, 5.74) is 3.76. The van der Waals surface area contributed by atoms with Gasteiger partial charge in [-0.1, -0.05) is 38.5 Å². The summed E-state index contributed by atoms with van der Waals surface area (Å²) in [6, 6.07) is 9.90. The van der Waals surface area contributed by atoms with Gasteiger partial charge >= 0.3 is 0 Å². The Balaban J connectivity index is 2.01. The average Bonchev–Trinajstić information content (AvgIpc) is 2.28. The molecular formula is C16H21. The lowest BCUT2D eigenvalue weighted by Gasteiger charge is -2.47. The van der Waals surface area contributed by atoms with Crippen LogP contribution < -0.4 is 0 Å². The highest BCUT2D eigenvalue weighted by Crippen LogP contribution is 2.53. The van der Waals surface area contributed by atoms with Crippen molar-refractivity contribution in [3.63, 3.8) is 0 Å². The fourth-order valence-corrected chi connectivity index (χ4v) is 4.03. The molecule has 0 heteroatoms. The molecule has 1 aromatic carbocycles. The second-order valence-corrected chi connectivity index (χ2v) is 6.26. The molecule has 0 N–H and O–H groups in total.